The Bertz CT molecular complexity index is 938. The number of anilines is 1. The maximum atomic E-state index is 12.7. The summed E-state index contributed by atoms with van der Waals surface area (Å²) >= 11 is 1.51. The molecule has 0 spiro atoms. The SMILES string of the molecule is CC[C@@H](C(=O)Nc1nc(CN2CCc3ccccc3C2)cs1)c1ccccc1. The van der Waals surface area contributed by atoms with Crippen LogP contribution in [0, 0.1) is 0 Å². The molecule has 2 heterocycles. The van der Waals surface area contributed by atoms with Gasteiger partial charge in [-0.2, -0.15) is 0 Å². The van der Waals surface area contributed by atoms with Gasteiger partial charge in [0.15, 0.2) is 5.13 Å². The lowest BCUT2D eigenvalue weighted by atomic mass is 9.96. The largest absolute Gasteiger partial charge is 0.301 e. The van der Waals surface area contributed by atoms with Gasteiger partial charge in [0.2, 0.25) is 5.91 Å². The maximum absolute atomic E-state index is 12.7. The van der Waals surface area contributed by atoms with Crippen LogP contribution in [-0.4, -0.2) is 22.3 Å². The lowest BCUT2D eigenvalue weighted by molar-refractivity contribution is -0.117. The van der Waals surface area contributed by atoms with Gasteiger partial charge in [0.05, 0.1) is 11.6 Å². The number of rotatable bonds is 6. The molecule has 28 heavy (non-hydrogen) atoms. The molecule has 0 radical (unpaired) electrons. The number of hydrogen-bond donors (Lipinski definition) is 1. The van der Waals surface area contributed by atoms with E-state index in [-0.39, 0.29) is 11.8 Å². The van der Waals surface area contributed by atoms with Crippen molar-refractivity contribution in [1.29, 1.82) is 0 Å². The molecular weight excluding hydrogens is 366 g/mol. The highest BCUT2D eigenvalue weighted by atomic mass is 32.1. The van der Waals surface area contributed by atoms with Crippen LogP contribution in [0.5, 0.6) is 0 Å². The molecule has 1 amide bonds. The number of thiazole rings is 1. The van der Waals surface area contributed by atoms with Crippen LogP contribution in [0.15, 0.2) is 60.0 Å². The Morgan fingerprint density at radius 1 is 1.14 bits per heavy atom. The molecule has 1 atom stereocenters. The van der Waals surface area contributed by atoms with E-state index >= 15 is 0 Å². The van der Waals surface area contributed by atoms with Crippen LogP contribution in [0.25, 0.3) is 0 Å². The van der Waals surface area contributed by atoms with Crippen molar-refractivity contribution in [2.24, 2.45) is 0 Å². The van der Waals surface area contributed by atoms with Gasteiger partial charge in [-0.05, 0) is 29.5 Å². The molecule has 0 saturated heterocycles. The Morgan fingerprint density at radius 3 is 2.68 bits per heavy atom. The number of aromatic nitrogens is 1. The quantitative estimate of drug-likeness (QED) is 0.654. The number of carbonyl (C=O) groups excluding carboxylic acids is 1. The van der Waals surface area contributed by atoms with Gasteiger partial charge in [0, 0.05) is 25.0 Å². The fourth-order valence-electron chi connectivity index (χ4n) is 3.81. The first-order valence-electron chi connectivity index (χ1n) is 9.82. The lowest BCUT2D eigenvalue weighted by Crippen LogP contribution is -2.30. The molecule has 0 bridgehead atoms. The standard InChI is InChI=1S/C23H25N3OS/c1-2-21(18-9-4-3-5-10-18)22(27)25-23-24-20(16-28-23)15-26-13-12-17-8-6-7-11-19(17)14-26/h3-11,16,21H,2,12-15H2,1H3,(H,24,25,27)/t21-/m1/s1. The van der Waals surface area contributed by atoms with Crippen molar-refractivity contribution in [3.8, 4) is 0 Å². The zero-order valence-electron chi connectivity index (χ0n) is 16.1. The summed E-state index contributed by atoms with van der Waals surface area (Å²) in [4.78, 5) is 19.8. The summed E-state index contributed by atoms with van der Waals surface area (Å²) in [5, 5.41) is 5.76. The molecule has 1 aromatic heterocycles. The molecule has 2 aromatic carbocycles. The Labute approximate surface area is 170 Å². The fourth-order valence-corrected chi connectivity index (χ4v) is 4.51. The van der Waals surface area contributed by atoms with Crippen molar-refractivity contribution in [3.63, 3.8) is 0 Å². The predicted octanol–water partition coefficient (Wildman–Crippen LogP) is 4.83. The third-order valence-electron chi connectivity index (χ3n) is 5.30. The van der Waals surface area contributed by atoms with E-state index in [4.69, 9.17) is 0 Å². The first-order valence-corrected chi connectivity index (χ1v) is 10.7. The van der Waals surface area contributed by atoms with Crippen molar-refractivity contribution in [1.82, 2.24) is 9.88 Å². The molecule has 4 rings (SSSR count). The van der Waals surface area contributed by atoms with Crippen molar-refractivity contribution >= 4 is 22.4 Å². The van der Waals surface area contributed by atoms with Crippen LogP contribution in [0.2, 0.25) is 0 Å². The Morgan fingerprint density at radius 2 is 1.89 bits per heavy atom. The highest BCUT2D eigenvalue weighted by Crippen LogP contribution is 2.25. The summed E-state index contributed by atoms with van der Waals surface area (Å²) in [6.45, 7) is 4.86. The van der Waals surface area contributed by atoms with E-state index in [2.05, 4.69) is 44.8 Å². The van der Waals surface area contributed by atoms with Crippen molar-refractivity contribution in [2.45, 2.75) is 38.8 Å². The molecule has 144 valence electrons. The third-order valence-corrected chi connectivity index (χ3v) is 6.11. The molecule has 0 saturated carbocycles. The van der Waals surface area contributed by atoms with Crippen molar-refractivity contribution < 1.29 is 4.79 Å². The monoisotopic (exact) mass is 391 g/mol. The number of carbonyl (C=O) groups is 1. The first kappa shape index (κ1) is 18.8. The van der Waals surface area contributed by atoms with Crippen molar-refractivity contribution in [3.05, 3.63) is 82.4 Å². The van der Waals surface area contributed by atoms with Gasteiger partial charge >= 0.3 is 0 Å². The summed E-state index contributed by atoms with van der Waals surface area (Å²) in [5.41, 5.74) is 4.93. The van der Waals surface area contributed by atoms with E-state index in [0.717, 1.165) is 43.7 Å². The summed E-state index contributed by atoms with van der Waals surface area (Å²) < 4.78 is 0. The lowest BCUT2D eigenvalue weighted by Gasteiger charge is -2.27. The molecule has 4 nitrogen and oxygen atoms in total. The second kappa shape index (κ2) is 8.67. The molecule has 0 fully saturated rings. The normalized spacial score (nSPS) is 15.0. The molecule has 0 unspecified atom stereocenters. The summed E-state index contributed by atoms with van der Waals surface area (Å²) in [7, 11) is 0. The molecule has 5 heteroatoms. The number of amides is 1. The summed E-state index contributed by atoms with van der Waals surface area (Å²) in [6.07, 6.45) is 1.85. The van der Waals surface area contributed by atoms with Crippen LogP contribution in [0.1, 0.15) is 41.6 Å². The van der Waals surface area contributed by atoms with E-state index in [1.807, 2.05) is 37.3 Å². The third kappa shape index (κ3) is 4.32. The number of nitrogens with one attached hydrogen (secondary N) is 1. The molecule has 1 aliphatic rings. The van der Waals surface area contributed by atoms with E-state index in [1.54, 1.807) is 0 Å². The number of fused-ring (bicyclic) bond motifs is 1. The Hall–Kier alpha value is -2.50. The zero-order chi connectivity index (χ0) is 19.3. The minimum absolute atomic E-state index is 0.0153. The van der Waals surface area contributed by atoms with Gasteiger partial charge in [-0.3, -0.25) is 9.69 Å². The predicted molar refractivity (Wildman–Crippen MR) is 114 cm³/mol. The Kier molecular flexibility index (Phi) is 5.84. The van der Waals surface area contributed by atoms with E-state index in [1.165, 1.54) is 22.5 Å². The molecule has 1 aliphatic heterocycles. The average Bonchev–Trinajstić information content (AvgIpc) is 3.16. The van der Waals surface area contributed by atoms with Gasteiger partial charge in [-0.1, -0.05) is 61.5 Å². The van der Waals surface area contributed by atoms with Crippen LogP contribution in [0.4, 0.5) is 5.13 Å². The maximum Gasteiger partial charge on any atom is 0.233 e. The van der Waals surface area contributed by atoms with E-state index < -0.39 is 0 Å². The van der Waals surface area contributed by atoms with Crippen LogP contribution >= 0.6 is 11.3 Å². The van der Waals surface area contributed by atoms with Gasteiger partial charge in [-0.15, -0.1) is 11.3 Å². The van der Waals surface area contributed by atoms with Gasteiger partial charge < -0.3 is 5.32 Å². The summed E-state index contributed by atoms with van der Waals surface area (Å²) in [6, 6.07) is 18.6. The van der Waals surface area contributed by atoms with Crippen LogP contribution < -0.4 is 5.32 Å². The topological polar surface area (TPSA) is 45.2 Å². The highest BCUT2D eigenvalue weighted by Gasteiger charge is 2.20. The second-order valence-electron chi connectivity index (χ2n) is 7.23. The number of hydrogen-bond acceptors (Lipinski definition) is 4. The molecule has 1 N–H and O–H groups in total. The van der Waals surface area contributed by atoms with Crippen LogP contribution in [0.3, 0.4) is 0 Å². The van der Waals surface area contributed by atoms with E-state index in [9.17, 15) is 4.79 Å². The molecule has 3 aromatic rings. The highest BCUT2D eigenvalue weighted by molar-refractivity contribution is 7.13. The van der Waals surface area contributed by atoms with Crippen molar-refractivity contribution in [2.75, 3.05) is 11.9 Å². The van der Waals surface area contributed by atoms with Crippen LogP contribution in [-0.2, 0) is 24.3 Å². The van der Waals surface area contributed by atoms with Gasteiger partial charge in [0.25, 0.3) is 0 Å². The first-order chi connectivity index (χ1) is 13.7. The minimum atomic E-state index is -0.146. The second-order valence-corrected chi connectivity index (χ2v) is 8.09. The Balaban J connectivity index is 1.37. The molecular formula is C23H25N3OS. The average molecular weight is 392 g/mol. The number of nitrogens with zero attached hydrogens (tertiary/aromatic N) is 2. The molecule has 0 aliphatic carbocycles. The van der Waals surface area contributed by atoms with Gasteiger partial charge in [0.1, 0.15) is 0 Å². The number of benzene rings is 2. The van der Waals surface area contributed by atoms with Gasteiger partial charge in [-0.25, -0.2) is 4.98 Å². The minimum Gasteiger partial charge on any atom is -0.301 e. The fraction of sp³-hybridized carbons (Fsp3) is 0.304. The smallest absolute Gasteiger partial charge is 0.233 e. The summed E-state index contributed by atoms with van der Waals surface area (Å²) in [5.74, 6) is -0.131. The van der Waals surface area contributed by atoms with E-state index in [0.29, 0.717) is 5.13 Å². The zero-order valence-corrected chi connectivity index (χ0v) is 16.9.